The summed E-state index contributed by atoms with van der Waals surface area (Å²) in [6.45, 7) is 0.288. The molecule has 14 heteroatoms. The van der Waals surface area contributed by atoms with Crippen molar-refractivity contribution in [1.29, 1.82) is 0 Å². The quantitative estimate of drug-likeness (QED) is 0.474. The van der Waals surface area contributed by atoms with E-state index in [0.717, 1.165) is 0 Å². The summed E-state index contributed by atoms with van der Waals surface area (Å²) in [6, 6.07) is 0. The lowest BCUT2D eigenvalue weighted by Gasteiger charge is -2.16. The largest absolute Gasteiger partial charge is 0.694 e. The van der Waals surface area contributed by atoms with Crippen molar-refractivity contribution in [1.82, 2.24) is 19.5 Å². The van der Waals surface area contributed by atoms with Crippen LogP contribution in [0.25, 0.3) is 11.2 Å². The Labute approximate surface area is 158 Å². The van der Waals surface area contributed by atoms with Crippen molar-refractivity contribution >= 4 is 25.2 Å². The van der Waals surface area contributed by atoms with Crippen LogP contribution in [-0.4, -0.2) is 72.8 Å². The number of ether oxygens (including phenoxy) is 2. The number of aliphatic hydroxyl groups is 2. The van der Waals surface area contributed by atoms with Crippen LogP contribution in [0.3, 0.4) is 0 Å². The Balaban J connectivity index is 0.000000320. The molecule has 0 bridgehead atoms. The lowest BCUT2D eigenvalue weighted by molar-refractivity contribution is -0.0476. The van der Waals surface area contributed by atoms with E-state index in [0.29, 0.717) is 17.8 Å². The molecule has 0 radical (unpaired) electrons. The maximum Gasteiger partial charge on any atom is 0.694 e. The van der Waals surface area contributed by atoms with Gasteiger partial charge in [-0.15, -0.1) is 9.42 Å². The van der Waals surface area contributed by atoms with Crippen LogP contribution in [0, 0.1) is 0 Å². The lowest BCUT2D eigenvalue weighted by atomic mass is 10.1. The normalized spacial score (nSPS) is 27.4. The van der Waals surface area contributed by atoms with Crippen LogP contribution in [0.2, 0.25) is 0 Å². The van der Waals surface area contributed by atoms with Gasteiger partial charge in [0.05, 0.1) is 19.5 Å². The first-order valence-electron chi connectivity index (χ1n) is 8.04. The third-order valence-corrected chi connectivity index (χ3v) is 4.38. The van der Waals surface area contributed by atoms with Gasteiger partial charge in [-0.2, -0.15) is 0 Å². The van der Waals surface area contributed by atoms with Crippen molar-refractivity contribution in [2.75, 3.05) is 25.6 Å². The molecular weight excluding hydrogens is 400 g/mol. The number of fused-ring (bicyclic) bond motifs is 1. The number of rotatable bonds is 4. The van der Waals surface area contributed by atoms with Gasteiger partial charge in [0.2, 0.25) is 0 Å². The van der Waals surface area contributed by atoms with Crippen LogP contribution in [0.5, 0.6) is 0 Å². The summed E-state index contributed by atoms with van der Waals surface area (Å²) in [5.41, 5.74) is 6.35. The van der Waals surface area contributed by atoms with Crippen molar-refractivity contribution in [3.63, 3.8) is 0 Å². The molecule has 5 N–H and O–H groups in total. The number of hydrogen-bond acceptors (Lipinski definition) is 10. The molecule has 2 aliphatic rings. The van der Waals surface area contributed by atoms with Crippen molar-refractivity contribution in [2.45, 2.75) is 24.5 Å². The topological polar surface area (TPSA) is 175 Å². The Morgan fingerprint density at radius 2 is 2.14 bits per heavy atom. The molecule has 0 aliphatic carbocycles. The Kier molecular flexibility index (Phi) is 6.57. The monoisotopic (exact) mass is 418 g/mol. The summed E-state index contributed by atoms with van der Waals surface area (Å²) >= 11 is 0. The fourth-order valence-electron chi connectivity index (χ4n) is 2.65. The van der Waals surface area contributed by atoms with Gasteiger partial charge in [-0.05, 0) is 6.08 Å². The standard InChI is InChI=1S/C10H12N5O6P.C4H5FO/c11-8-5-9(13-2-12-8)15(3-14-5)10-7(17)6(16)4(21-10)1-20-22(18)19;5-4-1-2-6-3-4/h2-4,6-7,10,16-17H,1H2,(H2-,11,12,13,18,19);1H,2-3H2/p+1/t4-,6-,7-,10-;/m1./s1. The van der Waals surface area contributed by atoms with Crippen molar-refractivity contribution in [2.24, 2.45) is 0 Å². The van der Waals surface area contributed by atoms with E-state index < -0.39 is 32.8 Å². The molecule has 1 unspecified atom stereocenters. The molecule has 5 atom stereocenters. The molecule has 28 heavy (non-hydrogen) atoms. The van der Waals surface area contributed by atoms with Gasteiger partial charge in [0.15, 0.2) is 17.7 Å². The lowest BCUT2D eigenvalue weighted by Crippen LogP contribution is -2.33. The minimum Gasteiger partial charge on any atom is -0.387 e. The van der Waals surface area contributed by atoms with Crippen LogP contribution in [0.15, 0.2) is 24.6 Å². The van der Waals surface area contributed by atoms with Gasteiger partial charge in [0.1, 0.15) is 42.6 Å². The summed E-state index contributed by atoms with van der Waals surface area (Å²) in [5.74, 6) is 0.0314. The second kappa shape index (κ2) is 8.92. The predicted octanol–water partition coefficient (Wildman–Crippen LogP) is -0.436. The maximum atomic E-state index is 11.7. The third-order valence-electron chi connectivity index (χ3n) is 4.01. The third kappa shape index (κ3) is 4.47. The number of hydrogen-bond donors (Lipinski definition) is 4. The Hall–Kier alpha value is -2.12. The highest BCUT2D eigenvalue weighted by atomic mass is 31.1. The van der Waals surface area contributed by atoms with E-state index in [1.165, 1.54) is 23.3 Å². The Morgan fingerprint density at radius 1 is 1.36 bits per heavy atom. The highest BCUT2D eigenvalue weighted by Crippen LogP contribution is 2.33. The number of nitrogens with zero attached hydrogens (tertiary/aromatic N) is 4. The highest BCUT2D eigenvalue weighted by Gasteiger charge is 2.45. The van der Waals surface area contributed by atoms with E-state index in [2.05, 4.69) is 24.2 Å². The van der Waals surface area contributed by atoms with E-state index in [1.54, 1.807) is 0 Å². The minimum absolute atomic E-state index is 0.144. The van der Waals surface area contributed by atoms with Crippen molar-refractivity contribution in [3.05, 3.63) is 24.6 Å². The number of aliphatic hydroxyl groups excluding tert-OH is 2. The van der Waals surface area contributed by atoms with Crippen LogP contribution >= 0.6 is 8.25 Å². The first-order valence-corrected chi connectivity index (χ1v) is 9.17. The van der Waals surface area contributed by atoms with Crippen molar-refractivity contribution < 1.29 is 38.1 Å². The van der Waals surface area contributed by atoms with Gasteiger partial charge in [-0.3, -0.25) is 4.57 Å². The molecule has 4 rings (SSSR count). The first-order chi connectivity index (χ1) is 13.4. The second-order valence-electron chi connectivity index (χ2n) is 5.83. The first kappa shape index (κ1) is 20.6. The van der Waals surface area contributed by atoms with Crippen LogP contribution in [0.1, 0.15) is 6.23 Å². The smallest absolute Gasteiger partial charge is 0.387 e. The molecule has 0 saturated carbocycles. The zero-order valence-corrected chi connectivity index (χ0v) is 15.2. The molecule has 4 heterocycles. The molecular formula is C14H18FN5O7P+. The Morgan fingerprint density at radius 3 is 2.75 bits per heavy atom. The number of nitrogens with two attached hydrogens (primary N) is 1. The summed E-state index contributed by atoms with van der Waals surface area (Å²) in [6.07, 6.45) is -0.519. The van der Waals surface area contributed by atoms with E-state index in [1.807, 2.05) is 0 Å². The van der Waals surface area contributed by atoms with E-state index in [-0.39, 0.29) is 24.9 Å². The molecule has 0 amide bonds. The maximum absolute atomic E-state index is 11.7. The number of halogens is 1. The SMILES string of the molecule is FC1=CCOC1.Nc1ncnc2c1ncn2[C@@H]1O[C@H](CO[P+](=O)O)[C@@H](O)[C@H]1O. The van der Waals surface area contributed by atoms with Gasteiger partial charge >= 0.3 is 8.25 Å². The summed E-state index contributed by atoms with van der Waals surface area (Å²) < 4.78 is 38.2. The van der Waals surface area contributed by atoms with E-state index in [9.17, 15) is 19.2 Å². The average molecular weight is 418 g/mol. The van der Waals surface area contributed by atoms with E-state index in [4.69, 9.17) is 15.4 Å². The number of anilines is 1. The zero-order valence-electron chi connectivity index (χ0n) is 14.3. The fraction of sp³-hybridized carbons (Fsp3) is 0.500. The molecule has 2 aromatic rings. The fourth-order valence-corrected chi connectivity index (χ4v) is 2.93. The molecule has 12 nitrogen and oxygen atoms in total. The molecule has 0 aromatic carbocycles. The molecule has 0 spiro atoms. The van der Waals surface area contributed by atoms with E-state index >= 15 is 0 Å². The summed E-state index contributed by atoms with van der Waals surface area (Å²) in [5, 5.41) is 20.0. The van der Waals surface area contributed by atoms with Crippen LogP contribution < -0.4 is 5.73 Å². The molecule has 1 fully saturated rings. The molecule has 1 saturated heterocycles. The number of nitrogen functional groups attached to an aromatic ring is 1. The minimum atomic E-state index is -2.82. The predicted molar refractivity (Wildman–Crippen MR) is 91.4 cm³/mol. The van der Waals surface area contributed by atoms with Gasteiger partial charge in [-0.1, -0.05) is 0 Å². The van der Waals surface area contributed by atoms with Gasteiger partial charge in [0.25, 0.3) is 0 Å². The number of imidazole rings is 1. The van der Waals surface area contributed by atoms with Crippen LogP contribution in [0.4, 0.5) is 10.2 Å². The Bertz CT molecular complexity index is 881. The average Bonchev–Trinajstić information content (AvgIpc) is 3.36. The molecule has 152 valence electrons. The van der Waals surface area contributed by atoms with Gasteiger partial charge in [0, 0.05) is 4.57 Å². The zero-order chi connectivity index (χ0) is 20.3. The highest BCUT2D eigenvalue weighted by molar-refractivity contribution is 7.32. The summed E-state index contributed by atoms with van der Waals surface area (Å²) in [4.78, 5) is 20.5. The van der Waals surface area contributed by atoms with Crippen molar-refractivity contribution in [3.8, 4) is 0 Å². The second-order valence-corrected chi connectivity index (χ2v) is 6.56. The summed E-state index contributed by atoms with van der Waals surface area (Å²) in [7, 11) is -2.82. The molecule has 2 aliphatic heterocycles. The molecule has 2 aromatic heterocycles. The number of aromatic nitrogens is 4. The van der Waals surface area contributed by atoms with Gasteiger partial charge in [-0.25, -0.2) is 19.3 Å². The van der Waals surface area contributed by atoms with Gasteiger partial charge < -0.3 is 25.4 Å². The van der Waals surface area contributed by atoms with Crippen LogP contribution in [-0.2, 0) is 18.6 Å².